The van der Waals surface area contributed by atoms with Gasteiger partial charge in [0.2, 0.25) is 5.91 Å². The highest BCUT2D eigenvalue weighted by Gasteiger charge is 2.31. The number of carbonyl (C=O) groups excluding carboxylic acids is 2. The third-order valence-electron chi connectivity index (χ3n) is 4.65. The van der Waals surface area contributed by atoms with Crippen LogP contribution < -0.4 is 10.1 Å². The van der Waals surface area contributed by atoms with Gasteiger partial charge in [-0.05, 0) is 42.0 Å². The van der Waals surface area contributed by atoms with E-state index in [1.165, 1.54) is 11.1 Å². The van der Waals surface area contributed by atoms with Crippen molar-refractivity contribution >= 4 is 22.9 Å². The first-order chi connectivity index (χ1) is 12.2. The van der Waals surface area contributed by atoms with Gasteiger partial charge in [-0.15, -0.1) is 0 Å². The second-order valence-electron chi connectivity index (χ2n) is 6.50. The molecule has 0 radical (unpaired) electrons. The SMILES string of the molecule is O=C1NC(=O)[C@@H](Cc2ccc3c(c2)CC[C@H](Cc2ccccc2)O3)S1. The molecule has 2 atom stereocenters. The number of fused-ring (bicyclic) bond motifs is 1. The monoisotopic (exact) mass is 353 g/mol. The van der Waals surface area contributed by atoms with E-state index in [0.717, 1.165) is 42.3 Å². The molecule has 0 unspecified atom stereocenters. The normalized spacial score (nSPS) is 22.2. The van der Waals surface area contributed by atoms with Gasteiger partial charge in [0.1, 0.15) is 11.9 Å². The number of thioether (sulfide) groups is 1. The maximum absolute atomic E-state index is 11.7. The van der Waals surface area contributed by atoms with Crippen molar-refractivity contribution in [2.24, 2.45) is 0 Å². The van der Waals surface area contributed by atoms with Gasteiger partial charge in [-0.1, -0.05) is 54.2 Å². The lowest BCUT2D eigenvalue weighted by Gasteiger charge is -2.27. The van der Waals surface area contributed by atoms with Crippen molar-refractivity contribution in [1.82, 2.24) is 5.32 Å². The van der Waals surface area contributed by atoms with Gasteiger partial charge in [-0.2, -0.15) is 0 Å². The van der Waals surface area contributed by atoms with Gasteiger partial charge in [-0.3, -0.25) is 14.9 Å². The van der Waals surface area contributed by atoms with Crippen molar-refractivity contribution in [3.8, 4) is 5.75 Å². The van der Waals surface area contributed by atoms with Gasteiger partial charge in [0.15, 0.2) is 0 Å². The highest BCUT2D eigenvalue weighted by atomic mass is 32.2. The Hall–Kier alpha value is -2.27. The number of rotatable bonds is 4. The fourth-order valence-corrected chi connectivity index (χ4v) is 4.25. The number of hydrogen-bond donors (Lipinski definition) is 1. The van der Waals surface area contributed by atoms with Gasteiger partial charge in [0.25, 0.3) is 5.24 Å². The molecule has 2 aliphatic heterocycles. The third-order valence-corrected chi connectivity index (χ3v) is 5.63. The van der Waals surface area contributed by atoms with Crippen molar-refractivity contribution in [3.05, 3.63) is 65.2 Å². The average molecular weight is 353 g/mol. The molecule has 2 amide bonds. The van der Waals surface area contributed by atoms with Crippen LogP contribution in [0.15, 0.2) is 48.5 Å². The van der Waals surface area contributed by atoms with E-state index in [1.54, 1.807) is 0 Å². The summed E-state index contributed by atoms with van der Waals surface area (Å²) >= 11 is 1.08. The maximum atomic E-state index is 11.7. The van der Waals surface area contributed by atoms with Crippen LogP contribution in [-0.4, -0.2) is 22.5 Å². The molecule has 2 heterocycles. The van der Waals surface area contributed by atoms with Crippen molar-refractivity contribution in [1.29, 1.82) is 0 Å². The van der Waals surface area contributed by atoms with Crippen molar-refractivity contribution in [3.63, 3.8) is 0 Å². The Labute approximate surface area is 151 Å². The fourth-order valence-electron chi connectivity index (χ4n) is 3.39. The Morgan fingerprint density at radius 2 is 1.88 bits per heavy atom. The number of ether oxygens (including phenoxy) is 1. The van der Waals surface area contributed by atoms with Crippen LogP contribution in [0, 0.1) is 0 Å². The summed E-state index contributed by atoms with van der Waals surface area (Å²) in [6, 6.07) is 16.5. The first-order valence-electron chi connectivity index (χ1n) is 8.51. The summed E-state index contributed by atoms with van der Waals surface area (Å²) in [6.07, 6.45) is 3.66. The second kappa shape index (κ2) is 6.92. The van der Waals surface area contributed by atoms with Crippen LogP contribution in [0.3, 0.4) is 0 Å². The van der Waals surface area contributed by atoms with Crippen molar-refractivity contribution in [2.75, 3.05) is 0 Å². The quantitative estimate of drug-likeness (QED) is 0.914. The summed E-state index contributed by atoms with van der Waals surface area (Å²) in [6.45, 7) is 0. The largest absolute Gasteiger partial charge is 0.490 e. The lowest BCUT2D eigenvalue weighted by molar-refractivity contribution is -0.118. The van der Waals surface area contributed by atoms with E-state index in [2.05, 4.69) is 35.6 Å². The van der Waals surface area contributed by atoms with Gasteiger partial charge < -0.3 is 4.74 Å². The molecule has 0 bridgehead atoms. The first kappa shape index (κ1) is 16.2. The van der Waals surface area contributed by atoms with E-state index < -0.39 is 0 Å². The molecular weight excluding hydrogens is 334 g/mol. The van der Waals surface area contributed by atoms with Gasteiger partial charge >= 0.3 is 0 Å². The molecule has 0 spiro atoms. The van der Waals surface area contributed by atoms with Crippen molar-refractivity contribution < 1.29 is 14.3 Å². The number of aryl methyl sites for hydroxylation is 1. The topological polar surface area (TPSA) is 55.4 Å². The Morgan fingerprint density at radius 1 is 1.04 bits per heavy atom. The van der Waals surface area contributed by atoms with Crippen LogP contribution in [0.25, 0.3) is 0 Å². The van der Waals surface area contributed by atoms with Crippen LogP contribution in [0.4, 0.5) is 4.79 Å². The summed E-state index contributed by atoms with van der Waals surface area (Å²) in [5.41, 5.74) is 3.56. The highest BCUT2D eigenvalue weighted by molar-refractivity contribution is 8.15. The number of nitrogens with one attached hydrogen (secondary N) is 1. The molecular formula is C20H19NO3S. The lowest BCUT2D eigenvalue weighted by Crippen LogP contribution is -2.26. The summed E-state index contributed by atoms with van der Waals surface area (Å²) in [4.78, 5) is 23.0. The molecule has 25 heavy (non-hydrogen) atoms. The molecule has 4 rings (SSSR count). The zero-order valence-electron chi connectivity index (χ0n) is 13.7. The van der Waals surface area contributed by atoms with Gasteiger partial charge in [0, 0.05) is 6.42 Å². The number of imide groups is 1. The molecule has 1 N–H and O–H groups in total. The molecule has 128 valence electrons. The molecule has 1 fully saturated rings. The van der Waals surface area contributed by atoms with E-state index in [4.69, 9.17) is 4.74 Å². The number of hydrogen-bond acceptors (Lipinski definition) is 4. The smallest absolute Gasteiger partial charge is 0.286 e. The van der Waals surface area contributed by atoms with E-state index in [-0.39, 0.29) is 22.5 Å². The van der Waals surface area contributed by atoms with Crippen LogP contribution in [0.1, 0.15) is 23.1 Å². The molecule has 0 aliphatic carbocycles. The van der Waals surface area contributed by atoms with Crippen molar-refractivity contribution in [2.45, 2.75) is 37.0 Å². The number of benzene rings is 2. The molecule has 1 saturated heterocycles. The molecule has 4 nitrogen and oxygen atoms in total. The Kier molecular flexibility index (Phi) is 4.49. The highest BCUT2D eigenvalue weighted by Crippen LogP contribution is 2.31. The van der Waals surface area contributed by atoms with Crippen LogP contribution in [0.2, 0.25) is 0 Å². The molecule has 5 heteroatoms. The minimum atomic E-state index is -0.319. The third kappa shape index (κ3) is 3.71. The number of carbonyl (C=O) groups is 2. The zero-order chi connectivity index (χ0) is 17.2. The number of amides is 2. The molecule has 2 aromatic carbocycles. The van der Waals surface area contributed by atoms with Crippen LogP contribution >= 0.6 is 11.8 Å². The van der Waals surface area contributed by atoms with E-state index in [1.807, 2.05) is 18.2 Å². The van der Waals surface area contributed by atoms with Gasteiger partial charge in [0.05, 0.1) is 5.25 Å². The van der Waals surface area contributed by atoms with Gasteiger partial charge in [-0.25, -0.2) is 0 Å². The van der Waals surface area contributed by atoms with Crippen LogP contribution in [0.5, 0.6) is 5.75 Å². The first-order valence-corrected chi connectivity index (χ1v) is 9.39. The maximum Gasteiger partial charge on any atom is 0.286 e. The predicted octanol–water partition coefficient (Wildman–Crippen LogP) is 3.52. The fraction of sp³-hybridized carbons (Fsp3) is 0.300. The average Bonchev–Trinajstić information content (AvgIpc) is 2.93. The standard InChI is InChI=1S/C20H19NO3S/c22-19-18(25-20(23)21-19)12-14-6-9-17-15(10-14)7-8-16(24-17)11-13-4-2-1-3-5-13/h1-6,9-10,16,18H,7-8,11-12H2,(H,21,22,23)/t16-,18-/m1/s1. The molecule has 0 saturated carbocycles. The summed E-state index contributed by atoms with van der Waals surface area (Å²) in [5.74, 6) is 0.752. The minimum Gasteiger partial charge on any atom is -0.490 e. The second-order valence-corrected chi connectivity index (χ2v) is 7.67. The summed E-state index contributed by atoms with van der Waals surface area (Å²) < 4.78 is 6.16. The zero-order valence-corrected chi connectivity index (χ0v) is 14.6. The van der Waals surface area contributed by atoms with E-state index in [0.29, 0.717) is 6.42 Å². The van der Waals surface area contributed by atoms with Crippen LogP contribution in [-0.2, 0) is 24.1 Å². The lowest BCUT2D eigenvalue weighted by atomic mass is 9.95. The molecule has 2 aromatic rings. The predicted molar refractivity (Wildman–Crippen MR) is 97.9 cm³/mol. The Morgan fingerprint density at radius 3 is 2.64 bits per heavy atom. The molecule has 2 aliphatic rings. The molecule has 0 aromatic heterocycles. The summed E-state index contributed by atoms with van der Waals surface area (Å²) in [7, 11) is 0. The summed E-state index contributed by atoms with van der Waals surface area (Å²) in [5, 5.41) is 1.77. The van der Waals surface area contributed by atoms with E-state index >= 15 is 0 Å². The Bertz CT molecular complexity index is 806. The Balaban J connectivity index is 1.42. The minimum absolute atomic E-state index is 0.188. The van der Waals surface area contributed by atoms with E-state index in [9.17, 15) is 9.59 Å².